The molecule has 0 radical (unpaired) electrons. The highest BCUT2D eigenvalue weighted by atomic mass is 16.5. The maximum absolute atomic E-state index is 9.80. The van der Waals surface area contributed by atoms with Crippen LogP contribution in [0.4, 0.5) is 0 Å². The van der Waals surface area contributed by atoms with Gasteiger partial charge in [-0.15, -0.1) is 0 Å². The van der Waals surface area contributed by atoms with Crippen LogP contribution in [0.3, 0.4) is 0 Å². The first-order valence-electron chi connectivity index (χ1n) is 7.42. The molecule has 0 heterocycles. The van der Waals surface area contributed by atoms with Gasteiger partial charge in [-0.3, -0.25) is 0 Å². The van der Waals surface area contributed by atoms with E-state index in [1.807, 2.05) is 25.1 Å². The molecule has 0 amide bonds. The lowest BCUT2D eigenvalue weighted by Gasteiger charge is -2.20. The minimum Gasteiger partial charge on any atom is -0.497 e. The molecule has 0 aliphatic carbocycles. The second kappa shape index (κ2) is 9.60. The van der Waals surface area contributed by atoms with E-state index >= 15 is 0 Å². The van der Waals surface area contributed by atoms with E-state index in [0.29, 0.717) is 6.61 Å². The van der Waals surface area contributed by atoms with E-state index in [-0.39, 0.29) is 19.3 Å². The number of rotatable bonds is 10. The normalized spacial score (nSPS) is 13.8. The number of hydrogen-bond donors (Lipinski definition) is 2. The molecule has 0 saturated carbocycles. The monoisotopic (exact) mass is 297 g/mol. The van der Waals surface area contributed by atoms with E-state index in [9.17, 15) is 5.11 Å². The highest BCUT2D eigenvalue weighted by Crippen LogP contribution is 2.29. The van der Waals surface area contributed by atoms with Gasteiger partial charge in [-0.05, 0) is 26.5 Å². The van der Waals surface area contributed by atoms with Crippen LogP contribution < -0.4 is 14.8 Å². The van der Waals surface area contributed by atoms with Crippen LogP contribution in [0.1, 0.15) is 32.4 Å². The van der Waals surface area contributed by atoms with Crippen molar-refractivity contribution in [3.63, 3.8) is 0 Å². The van der Waals surface area contributed by atoms with E-state index in [1.54, 1.807) is 7.11 Å². The molecule has 120 valence electrons. The molecule has 1 aromatic carbocycles. The number of nitrogens with one attached hydrogen (secondary N) is 1. The van der Waals surface area contributed by atoms with Gasteiger partial charge in [-0.2, -0.15) is 0 Å². The molecule has 0 bridgehead atoms. The Balaban J connectivity index is 2.76. The molecule has 2 unspecified atom stereocenters. The van der Waals surface area contributed by atoms with Gasteiger partial charge in [0.15, 0.2) is 0 Å². The van der Waals surface area contributed by atoms with E-state index in [2.05, 4.69) is 19.2 Å². The summed E-state index contributed by atoms with van der Waals surface area (Å²) < 4.78 is 16.2. The Kier molecular flexibility index (Phi) is 8.12. The van der Waals surface area contributed by atoms with Crippen LogP contribution in [0.25, 0.3) is 0 Å². The van der Waals surface area contributed by atoms with Crippen molar-refractivity contribution in [1.82, 2.24) is 5.32 Å². The zero-order valence-corrected chi connectivity index (χ0v) is 13.4. The lowest BCUT2D eigenvalue weighted by molar-refractivity contribution is 0.0161. The summed E-state index contributed by atoms with van der Waals surface area (Å²) in [5, 5.41) is 13.2. The summed E-state index contributed by atoms with van der Waals surface area (Å²) >= 11 is 0. The quantitative estimate of drug-likeness (QED) is 0.693. The first kappa shape index (κ1) is 17.8. The van der Waals surface area contributed by atoms with Crippen LogP contribution >= 0.6 is 0 Å². The van der Waals surface area contributed by atoms with Crippen LogP contribution in [0, 0.1) is 0 Å². The molecular formula is C16H27NO4. The summed E-state index contributed by atoms with van der Waals surface area (Å²) in [4.78, 5) is 0. The smallest absolute Gasteiger partial charge is 0.127 e. The minimum absolute atomic E-state index is 0.167. The molecule has 0 fully saturated rings. The van der Waals surface area contributed by atoms with Crippen LogP contribution in [0.2, 0.25) is 0 Å². The van der Waals surface area contributed by atoms with Crippen molar-refractivity contribution in [2.75, 3.05) is 33.5 Å². The first-order valence-corrected chi connectivity index (χ1v) is 7.42. The topological polar surface area (TPSA) is 60.0 Å². The largest absolute Gasteiger partial charge is 0.497 e. The van der Waals surface area contributed by atoms with E-state index < -0.39 is 6.10 Å². The molecular weight excluding hydrogens is 270 g/mol. The summed E-state index contributed by atoms with van der Waals surface area (Å²) in [6.07, 6.45) is -0.640. The van der Waals surface area contributed by atoms with Gasteiger partial charge in [0.25, 0.3) is 0 Å². The standard InChI is InChI=1S/C16H27NO4/c1-5-17-12(3)15-8-7-14(19-4)9-16(15)21-11-13(18)10-20-6-2/h7-9,12-13,17-18H,5-6,10-11H2,1-4H3. The number of aliphatic hydroxyl groups is 1. The molecule has 5 heteroatoms. The van der Waals surface area contributed by atoms with E-state index in [1.165, 1.54) is 0 Å². The highest BCUT2D eigenvalue weighted by Gasteiger charge is 2.14. The summed E-state index contributed by atoms with van der Waals surface area (Å²) in [6, 6.07) is 5.90. The second-order valence-corrected chi connectivity index (χ2v) is 4.81. The summed E-state index contributed by atoms with van der Waals surface area (Å²) in [5.41, 5.74) is 1.04. The maximum Gasteiger partial charge on any atom is 0.127 e. The van der Waals surface area contributed by atoms with Gasteiger partial charge in [0, 0.05) is 24.3 Å². The van der Waals surface area contributed by atoms with Gasteiger partial charge < -0.3 is 24.6 Å². The summed E-state index contributed by atoms with van der Waals surface area (Å²) in [7, 11) is 1.62. The average Bonchev–Trinajstić information content (AvgIpc) is 2.50. The van der Waals surface area contributed by atoms with Crippen molar-refractivity contribution >= 4 is 0 Å². The molecule has 1 aromatic rings. The van der Waals surface area contributed by atoms with Crippen molar-refractivity contribution < 1.29 is 19.3 Å². The van der Waals surface area contributed by atoms with E-state index in [4.69, 9.17) is 14.2 Å². The SMILES string of the molecule is CCNC(C)c1ccc(OC)cc1OCC(O)COCC. The zero-order valence-electron chi connectivity index (χ0n) is 13.4. The number of hydrogen-bond acceptors (Lipinski definition) is 5. The Morgan fingerprint density at radius 2 is 2.00 bits per heavy atom. The fourth-order valence-corrected chi connectivity index (χ4v) is 2.03. The molecule has 21 heavy (non-hydrogen) atoms. The maximum atomic E-state index is 9.80. The Hall–Kier alpha value is -1.30. The predicted octanol–water partition coefficient (Wildman–Crippen LogP) is 2.14. The lowest BCUT2D eigenvalue weighted by Crippen LogP contribution is -2.24. The molecule has 0 saturated heterocycles. The van der Waals surface area contributed by atoms with E-state index in [0.717, 1.165) is 23.6 Å². The number of benzene rings is 1. The van der Waals surface area contributed by atoms with Crippen LogP contribution in [0.5, 0.6) is 11.5 Å². The molecule has 0 aliphatic rings. The lowest BCUT2D eigenvalue weighted by atomic mass is 10.1. The average molecular weight is 297 g/mol. The summed E-state index contributed by atoms with van der Waals surface area (Å²) in [5.74, 6) is 1.45. The predicted molar refractivity (Wildman–Crippen MR) is 83.1 cm³/mol. The Morgan fingerprint density at radius 3 is 2.62 bits per heavy atom. The van der Waals surface area contributed by atoms with Crippen molar-refractivity contribution in [2.24, 2.45) is 0 Å². The number of aliphatic hydroxyl groups excluding tert-OH is 1. The first-order chi connectivity index (χ1) is 10.1. The molecule has 2 N–H and O–H groups in total. The Labute approximate surface area is 127 Å². The molecule has 0 aliphatic heterocycles. The third kappa shape index (κ3) is 5.91. The minimum atomic E-state index is -0.640. The van der Waals surface area contributed by atoms with Crippen molar-refractivity contribution in [3.05, 3.63) is 23.8 Å². The van der Waals surface area contributed by atoms with Gasteiger partial charge in [-0.1, -0.05) is 13.0 Å². The summed E-state index contributed by atoms with van der Waals surface area (Å²) in [6.45, 7) is 7.96. The molecule has 0 spiro atoms. The second-order valence-electron chi connectivity index (χ2n) is 4.81. The van der Waals surface area contributed by atoms with Gasteiger partial charge in [-0.25, -0.2) is 0 Å². The van der Waals surface area contributed by atoms with Crippen molar-refractivity contribution in [3.8, 4) is 11.5 Å². The third-order valence-electron chi connectivity index (χ3n) is 3.14. The molecule has 2 atom stereocenters. The highest BCUT2D eigenvalue weighted by molar-refractivity contribution is 5.42. The Morgan fingerprint density at radius 1 is 1.24 bits per heavy atom. The zero-order chi connectivity index (χ0) is 15.7. The van der Waals surface area contributed by atoms with Gasteiger partial charge in [0.2, 0.25) is 0 Å². The van der Waals surface area contributed by atoms with Crippen LogP contribution in [-0.4, -0.2) is 44.7 Å². The van der Waals surface area contributed by atoms with Crippen LogP contribution in [-0.2, 0) is 4.74 Å². The molecule has 1 rings (SSSR count). The van der Waals surface area contributed by atoms with Gasteiger partial charge in [0.05, 0.1) is 13.7 Å². The Bertz CT molecular complexity index is 411. The fourth-order valence-electron chi connectivity index (χ4n) is 2.03. The van der Waals surface area contributed by atoms with Crippen molar-refractivity contribution in [2.45, 2.75) is 32.9 Å². The molecule has 0 aromatic heterocycles. The fraction of sp³-hybridized carbons (Fsp3) is 0.625. The van der Waals surface area contributed by atoms with Crippen molar-refractivity contribution in [1.29, 1.82) is 0 Å². The third-order valence-corrected chi connectivity index (χ3v) is 3.14. The number of ether oxygens (including phenoxy) is 3. The van der Waals surface area contributed by atoms with Gasteiger partial charge >= 0.3 is 0 Å². The van der Waals surface area contributed by atoms with Gasteiger partial charge in [0.1, 0.15) is 24.2 Å². The number of methoxy groups -OCH3 is 1. The molecule has 5 nitrogen and oxygen atoms in total. The van der Waals surface area contributed by atoms with Crippen LogP contribution in [0.15, 0.2) is 18.2 Å².